The second kappa shape index (κ2) is 6.57. The molecule has 0 bridgehead atoms. The lowest BCUT2D eigenvalue weighted by Gasteiger charge is -2.07. The molecule has 2 aromatic carbocycles. The van der Waals surface area contributed by atoms with Crippen LogP contribution in [0.15, 0.2) is 59.3 Å². The van der Waals surface area contributed by atoms with Crippen molar-refractivity contribution in [1.82, 2.24) is 9.97 Å². The van der Waals surface area contributed by atoms with Crippen LogP contribution in [0.4, 0.5) is 5.69 Å². The molecule has 0 unspecified atom stereocenters. The Morgan fingerprint density at radius 2 is 1.78 bits per heavy atom. The van der Waals surface area contributed by atoms with Crippen LogP contribution in [0.5, 0.6) is 5.75 Å². The number of nitrogens with one attached hydrogen (secondary N) is 1. The van der Waals surface area contributed by atoms with E-state index in [4.69, 9.17) is 4.42 Å². The molecule has 2 aromatic heterocycles. The number of hydrogen-bond acceptors (Lipinski definition) is 5. The highest BCUT2D eigenvalue weighted by atomic mass is 16.3. The van der Waals surface area contributed by atoms with Gasteiger partial charge in [-0.3, -0.25) is 9.78 Å². The van der Waals surface area contributed by atoms with Crippen LogP contribution in [0.2, 0.25) is 0 Å². The maximum atomic E-state index is 12.3. The zero-order chi connectivity index (χ0) is 19.0. The summed E-state index contributed by atoms with van der Waals surface area (Å²) in [6.07, 6.45) is 3.11. The zero-order valence-corrected chi connectivity index (χ0v) is 14.9. The number of anilines is 1. The number of aryl methyl sites for hydroxylation is 2. The first-order chi connectivity index (χ1) is 13.0. The number of phenols is 1. The van der Waals surface area contributed by atoms with E-state index in [1.165, 1.54) is 6.07 Å². The molecule has 0 radical (unpaired) electrons. The Balaban J connectivity index is 1.69. The molecule has 0 saturated carbocycles. The van der Waals surface area contributed by atoms with Crippen LogP contribution in [-0.4, -0.2) is 21.0 Å². The van der Waals surface area contributed by atoms with E-state index >= 15 is 0 Å². The number of benzene rings is 2. The van der Waals surface area contributed by atoms with Gasteiger partial charge < -0.3 is 14.8 Å². The summed E-state index contributed by atoms with van der Waals surface area (Å²) >= 11 is 0. The fourth-order valence-corrected chi connectivity index (χ4v) is 2.79. The lowest BCUT2D eigenvalue weighted by atomic mass is 10.1. The number of pyridine rings is 1. The topological polar surface area (TPSA) is 88.2 Å². The minimum Gasteiger partial charge on any atom is -0.507 e. The molecule has 6 heteroatoms. The van der Waals surface area contributed by atoms with Crippen molar-refractivity contribution in [3.05, 3.63) is 71.5 Å². The molecule has 0 aliphatic rings. The Labute approximate surface area is 155 Å². The first-order valence-corrected chi connectivity index (χ1v) is 8.44. The average Bonchev–Trinajstić information content (AvgIpc) is 3.06. The number of aromatic nitrogens is 2. The van der Waals surface area contributed by atoms with Gasteiger partial charge in [0.25, 0.3) is 5.91 Å². The molecule has 0 fully saturated rings. The minimum atomic E-state index is -0.266. The highest BCUT2D eigenvalue weighted by Gasteiger charge is 2.15. The van der Waals surface area contributed by atoms with Gasteiger partial charge in [-0.1, -0.05) is 0 Å². The standard InChI is InChI=1S/C21H17N3O3/c1-12-9-17-19(10-13(12)2)27-21(24-17)16-11-15(3-4-18(16)25)23-20(26)14-5-7-22-8-6-14/h3-11,25H,1-2H3,(H,23,26). The summed E-state index contributed by atoms with van der Waals surface area (Å²) in [5, 5.41) is 13.1. The molecular formula is C21H17N3O3. The van der Waals surface area contributed by atoms with E-state index in [0.29, 0.717) is 28.3 Å². The predicted molar refractivity (Wildman–Crippen MR) is 103 cm³/mol. The van der Waals surface area contributed by atoms with Crippen LogP contribution in [0.25, 0.3) is 22.6 Å². The lowest BCUT2D eigenvalue weighted by Crippen LogP contribution is -2.11. The smallest absolute Gasteiger partial charge is 0.255 e. The summed E-state index contributed by atoms with van der Waals surface area (Å²) in [4.78, 5) is 20.7. The summed E-state index contributed by atoms with van der Waals surface area (Å²) in [5.41, 5.74) is 5.02. The third-order valence-corrected chi connectivity index (χ3v) is 4.43. The number of aromatic hydroxyl groups is 1. The van der Waals surface area contributed by atoms with Crippen molar-refractivity contribution in [2.24, 2.45) is 0 Å². The molecule has 0 spiro atoms. The van der Waals surface area contributed by atoms with Crippen molar-refractivity contribution >= 4 is 22.7 Å². The molecular weight excluding hydrogens is 342 g/mol. The van der Waals surface area contributed by atoms with Gasteiger partial charge in [0, 0.05) is 23.6 Å². The van der Waals surface area contributed by atoms with Gasteiger partial charge >= 0.3 is 0 Å². The summed E-state index contributed by atoms with van der Waals surface area (Å²) in [6, 6.07) is 11.9. The molecule has 2 heterocycles. The van der Waals surface area contributed by atoms with Gasteiger partial charge in [-0.2, -0.15) is 0 Å². The van der Waals surface area contributed by atoms with Crippen LogP contribution < -0.4 is 5.32 Å². The second-order valence-electron chi connectivity index (χ2n) is 6.35. The van der Waals surface area contributed by atoms with Gasteiger partial charge in [0.1, 0.15) is 11.3 Å². The van der Waals surface area contributed by atoms with Crippen molar-refractivity contribution in [3.63, 3.8) is 0 Å². The van der Waals surface area contributed by atoms with Crippen LogP contribution in [0.1, 0.15) is 21.5 Å². The Bertz CT molecular complexity index is 1110. The van der Waals surface area contributed by atoms with Crippen molar-refractivity contribution < 1.29 is 14.3 Å². The number of phenolic OH excluding ortho intramolecular Hbond substituents is 1. The van der Waals surface area contributed by atoms with Crippen molar-refractivity contribution in [1.29, 1.82) is 0 Å². The highest BCUT2D eigenvalue weighted by Crippen LogP contribution is 2.34. The fourth-order valence-electron chi connectivity index (χ4n) is 2.79. The molecule has 0 aliphatic carbocycles. The van der Waals surface area contributed by atoms with E-state index in [0.717, 1.165) is 16.6 Å². The number of carbonyl (C=O) groups excluding carboxylic acids is 1. The maximum absolute atomic E-state index is 12.3. The number of carbonyl (C=O) groups is 1. The molecule has 2 N–H and O–H groups in total. The van der Waals surface area contributed by atoms with Crippen LogP contribution in [0.3, 0.4) is 0 Å². The van der Waals surface area contributed by atoms with Gasteiger partial charge in [0.05, 0.1) is 5.56 Å². The summed E-state index contributed by atoms with van der Waals surface area (Å²) in [6.45, 7) is 4.01. The van der Waals surface area contributed by atoms with Gasteiger partial charge in [0.2, 0.25) is 5.89 Å². The maximum Gasteiger partial charge on any atom is 0.255 e. The SMILES string of the molecule is Cc1cc2nc(-c3cc(NC(=O)c4ccncc4)ccc3O)oc2cc1C. The Kier molecular flexibility index (Phi) is 4.08. The molecule has 134 valence electrons. The van der Waals surface area contributed by atoms with Gasteiger partial charge in [-0.05, 0) is 67.4 Å². The molecule has 0 aliphatic heterocycles. The Morgan fingerprint density at radius 1 is 1.04 bits per heavy atom. The Hall–Kier alpha value is -3.67. The highest BCUT2D eigenvalue weighted by molar-refractivity contribution is 6.04. The number of fused-ring (bicyclic) bond motifs is 1. The average molecular weight is 359 g/mol. The van der Waals surface area contributed by atoms with E-state index < -0.39 is 0 Å². The first kappa shape index (κ1) is 16.8. The molecule has 0 atom stereocenters. The molecule has 4 aromatic rings. The molecule has 27 heavy (non-hydrogen) atoms. The predicted octanol–water partition coefficient (Wildman–Crippen LogP) is 4.46. The van der Waals surface area contributed by atoms with E-state index in [1.54, 1.807) is 36.7 Å². The van der Waals surface area contributed by atoms with E-state index in [2.05, 4.69) is 15.3 Å². The largest absolute Gasteiger partial charge is 0.507 e. The molecule has 6 nitrogen and oxygen atoms in total. The third-order valence-electron chi connectivity index (χ3n) is 4.43. The summed E-state index contributed by atoms with van der Waals surface area (Å²) in [7, 11) is 0. The summed E-state index contributed by atoms with van der Waals surface area (Å²) in [5.74, 6) is 0.0577. The van der Waals surface area contributed by atoms with Crippen molar-refractivity contribution in [3.8, 4) is 17.2 Å². The minimum absolute atomic E-state index is 0.0249. The normalized spacial score (nSPS) is 10.9. The van der Waals surface area contributed by atoms with Crippen molar-refractivity contribution in [2.45, 2.75) is 13.8 Å². The van der Waals surface area contributed by atoms with E-state index in [-0.39, 0.29) is 11.7 Å². The number of oxazole rings is 1. The summed E-state index contributed by atoms with van der Waals surface area (Å²) < 4.78 is 5.82. The number of nitrogens with zero attached hydrogens (tertiary/aromatic N) is 2. The fraction of sp³-hybridized carbons (Fsp3) is 0.0952. The van der Waals surface area contributed by atoms with Crippen molar-refractivity contribution in [2.75, 3.05) is 5.32 Å². The molecule has 1 amide bonds. The lowest BCUT2D eigenvalue weighted by molar-refractivity contribution is 0.102. The van der Waals surface area contributed by atoms with Gasteiger partial charge in [0.15, 0.2) is 5.58 Å². The van der Waals surface area contributed by atoms with Crippen LogP contribution in [0, 0.1) is 13.8 Å². The quantitative estimate of drug-likeness (QED) is 0.527. The molecule has 4 rings (SSSR count). The second-order valence-corrected chi connectivity index (χ2v) is 6.35. The first-order valence-electron chi connectivity index (χ1n) is 8.44. The Morgan fingerprint density at radius 3 is 2.56 bits per heavy atom. The number of rotatable bonds is 3. The van der Waals surface area contributed by atoms with Gasteiger partial charge in [-0.15, -0.1) is 0 Å². The zero-order valence-electron chi connectivity index (χ0n) is 14.9. The van der Waals surface area contributed by atoms with E-state index in [1.807, 2.05) is 26.0 Å². The van der Waals surface area contributed by atoms with Crippen LogP contribution >= 0.6 is 0 Å². The number of amides is 1. The third kappa shape index (κ3) is 3.25. The van der Waals surface area contributed by atoms with Gasteiger partial charge in [-0.25, -0.2) is 4.98 Å². The monoisotopic (exact) mass is 359 g/mol. The molecule has 0 saturated heterocycles. The number of hydrogen-bond donors (Lipinski definition) is 2. The van der Waals surface area contributed by atoms with E-state index in [9.17, 15) is 9.90 Å². The van der Waals surface area contributed by atoms with Crippen LogP contribution in [-0.2, 0) is 0 Å².